The third-order valence-electron chi connectivity index (χ3n) is 4.62. The Bertz CT molecular complexity index is 355. The third kappa shape index (κ3) is 4.39. The summed E-state index contributed by atoms with van der Waals surface area (Å²) in [7, 11) is 0. The molecule has 20 heavy (non-hydrogen) atoms. The number of hydrogen-bond acceptors (Lipinski definition) is 2. The Morgan fingerprint density at radius 3 is 2.50 bits per heavy atom. The number of nitrogens with zero attached hydrogens (tertiary/aromatic N) is 1. The van der Waals surface area contributed by atoms with E-state index in [1.54, 1.807) is 4.90 Å². The molecule has 0 saturated heterocycles. The van der Waals surface area contributed by atoms with Gasteiger partial charge in [0.1, 0.15) is 0 Å². The molecule has 2 atom stereocenters. The fraction of sp³-hybridized carbons (Fsp3) is 0.867. The zero-order chi connectivity index (χ0) is 14.5. The first-order chi connectivity index (χ1) is 9.58. The average Bonchev–Trinajstić information content (AvgIpc) is 3.22. The Balaban J connectivity index is 1.77. The summed E-state index contributed by atoms with van der Waals surface area (Å²) in [5.41, 5.74) is 0. The molecule has 0 aromatic heterocycles. The van der Waals surface area contributed by atoms with Crippen LogP contribution in [-0.2, 0) is 4.79 Å². The summed E-state index contributed by atoms with van der Waals surface area (Å²) in [6.45, 7) is 3.32. The average molecular weight is 282 g/mol. The van der Waals surface area contributed by atoms with Gasteiger partial charge in [-0.15, -0.1) is 0 Å². The molecule has 2 N–H and O–H groups in total. The maximum atomic E-state index is 12.2. The van der Waals surface area contributed by atoms with Crippen LogP contribution in [0.1, 0.15) is 51.9 Å². The summed E-state index contributed by atoms with van der Waals surface area (Å²) in [6.07, 6.45) is 7.06. The number of rotatable bonds is 6. The van der Waals surface area contributed by atoms with Crippen molar-refractivity contribution >= 4 is 12.0 Å². The molecule has 0 aromatic rings. The van der Waals surface area contributed by atoms with E-state index in [0.717, 1.165) is 19.4 Å². The van der Waals surface area contributed by atoms with Crippen molar-refractivity contribution in [1.29, 1.82) is 0 Å². The Labute approximate surface area is 120 Å². The van der Waals surface area contributed by atoms with Crippen LogP contribution in [0.3, 0.4) is 0 Å². The lowest BCUT2D eigenvalue weighted by Gasteiger charge is -2.30. The smallest absolute Gasteiger partial charge is 0.317 e. The maximum absolute atomic E-state index is 12.2. The van der Waals surface area contributed by atoms with Crippen molar-refractivity contribution in [1.82, 2.24) is 10.2 Å². The van der Waals surface area contributed by atoms with Crippen molar-refractivity contribution in [2.45, 2.75) is 57.9 Å². The number of carbonyl (C=O) groups excluding carboxylic acids is 1. The number of carboxylic acid groups (broad SMARTS) is 1. The summed E-state index contributed by atoms with van der Waals surface area (Å²) in [6, 6.07) is 0.185. The molecule has 2 fully saturated rings. The van der Waals surface area contributed by atoms with E-state index in [1.165, 1.54) is 25.7 Å². The van der Waals surface area contributed by atoms with Crippen LogP contribution in [0.5, 0.6) is 0 Å². The highest BCUT2D eigenvalue weighted by Gasteiger charge is 2.33. The van der Waals surface area contributed by atoms with E-state index >= 15 is 0 Å². The van der Waals surface area contributed by atoms with E-state index in [2.05, 4.69) is 12.2 Å². The molecule has 5 heteroatoms. The number of urea groups is 1. The van der Waals surface area contributed by atoms with E-state index in [4.69, 9.17) is 5.11 Å². The topological polar surface area (TPSA) is 69.6 Å². The van der Waals surface area contributed by atoms with Gasteiger partial charge in [0.15, 0.2) is 0 Å². The first kappa shape index (κ1) is 15.1. The van der Waals surface area contributed by atoms with Gasteiger partial charge in [-0.25, -0.2) is 4.79 Å². The molecule has 114 valence electrons. The molecule has 2 aliphatic carbocycles. The van der Waals surface area contributed by atoms with Crippen LogP contribution in [0.15, 0.2) is 0 Å². The summed E-state index contributed by atoms with van der Waals surface area (Å²) >= 11 is 0. The number of nitrogens with one attached hydrogen (secondary N) is 1. The van der Waals surface area contributed by atoms with Crippen LogP contribution in [-0.4, -0.2) is 41.1 Å². The minimum atomic E-state index is -0.843. The Morgan fingerprint density at radius 1 is 1.20 bits per heavy atom. The highest BCUT2D eigenvalue weighted by molar-refractivity contribution is 5.76. The fourth-order valence-electron chi connectivity index (χ4n) is 3.07. The monoisotopic (exact) mass is 282 g/mol. The minimum absolute atomic E-state index is 0.0315. The van der Waals surface area contributed by atoms with Gasteiger partial charge in [-0.1, -0.05) is 26.2 Å². The molecular formula is C15H26N2O3. The predicted octanol–water partition coefficient (Wildman–Crippen LogP) is 2.46. The summed E-state index contributed by atoms with van der Waals surface area (Å²) in [4.78, 5) is 24.6. The van der Waals surface area contributed by atoms with E-state index in [-0.39, 0.29) is 18.5 Å². The molecule has 0 heterocycles. The summed E-state index contributed by atoms with van der Waals surface area (Å²) < 4.78 is 0. The number of hydrogen-bond donors (Lipinski definition) is 2. The quantitative estimate of drug-likeness (QED) is 0.786. The summed E-state index contributed by atoms with van der Waals surface area (Å²) in [5.74, 6) is 0.412. The molecule has 2 unspecified atom stereocenters. The van der Waals surface area contributed by atoms with Gasteiger partial charge in [-0.05, 0) is 31.1 Å². The van der Waals surface area contributed by atoms with Gasteiger partial charge < -0.3 is 15.3 Å². The first-order valence-electron chi connectivity index (χ1n) is 7.84. The molecule has 0 bridgehead atoms. The Kier molecular flexibility index (Phi) is 5.26. The lowest BCUT2D eigenvalue weighted by atomic mass is 9.80. The lowest BCUT2D eigenvalue weighted by Crippen LogP contribution is -2.44. The van der Waals surface area contributed by atoms with Gasteiger partial charge >= 0.3 is 12.0 Å². The van der Waals surface area contributed by atoms with Crippen LogP contribution >= 0.6 is 0 Å². The van der Waals surface area contributed by atoms with E-state index in [1.807, 2.05) is 0 Å². The molecule has 2 saturated carbocycles. The highest BCUT2D eigenvalue weighted by atomic mass is 16.4. The molecule has 0 spiro atoms. The minimum Gasteiger partial charge on any atom is -0.481 e. The molecule has 0 radical (unpaired) electrons. The van der Waals surface area contributed by atoms with Crippen molar-refractivity contribution < 1.29 is 14.7 Å². The highest BCUT2D eigenvalue weighted by Crippen LogP contribution is 2.29. The van der Waals surface area contributed by atoms with Crippen LogP contribution < -0.4 is 5.32 Å². The van der Waals surface area contributed by atoms with Crippen molar-refractivity contribution in [3.05, 3.63) is 0 Å². The largest absolute Gasteiger partial charge is 0.481 e. The second kappa shape index (κ2) is 6.95. The number of carboxylic acids is 1. The maximum Gasteiger partial charge on any atom is 0.317 e. The lowest BCUT2D eigenvalue weighted by molar-refractivity contribution is -0.137. The first-order valence-corrected chi connectivity index (χ1v) is 7.84. The molecule has 0 aromatic carbocycles. The summed E-state index contributed by atoms with van der Waals surface area (Å²) in [5, 5.41) is 11.8. The van der Waals surface area contributed by atoms with Gasteiger partial charge in [-0.3, -0.25) is 4.79 Å². The molecule has 2 rings (SSSR count). The molecule has 0 aliphatic heterocycles. The fourth-order valence-corrected chi connectivity index (χ4v) is 3.07. The Hall–Kier alpha value is -1.26. The van der Waals surface area contributed by atoms with Crippen LogP contribution in [0.25, 0.3) is 0 Å². The second-order valence-corrected chi connectivity index (χ2v) is 6.28. The van der Waals surface area contributed by atoms with E-state index in [9.17, 15) is 9.59 Å². The van der Waals surface area contributed by atoms with E-state index in [0.29, 0.717) is 18.4 Å². The van der Waals surface area contributed by atoms with Crippen molar-refractivity contribution in [3.8, 4) is 0 Å². The number of carbonyl (C=O) groups is 2. The SMILES string of the molecule is CC1CCCCC1CNC(=O)N(CCC(=O)O)C1CC1. The number of aliphatic carboxylic acids is 1. The van der Waals surface area contributed by atoms with Crippen LogP contribution in [0.4, 0.5) is 4.79 Å². The van der Waals surface area contributed by atoms with Crippen molar-refractivity contribution in [3.63, 3.8) is 0 Å². The normalized spacial score (nSPS) is 26.1. The van der Waals surface area contributed by atoms with Gasteiger partial charge in [-0.2, -0.15) is 0 Å². The van der Waals surface area contributed by atoms with Gasteiger partial charge in [0.05, 0.1) is 6.42 Å². The predicted molar refractivity (Wildman–Crippen MR) is 76.5 cm³/mol. The van der Waals surface area contributed by atoms with Crippen molar-refractivity contribution in [2.24, 2.45) is 11.8 Å². The van der Waals surface area contributed by atoms with Crippen LogP contribution in [0.2, 0.25) is 0 Å². The molecule has 2 amide bonds. The van der Waals surface area contributed by atoms with Gasteiger partial charge in [0.25, 0.3) is 0 Å². The third-order valence-corrected chi connectivity index (χ3v) is 4.62. The standard InChI is InChI=1S/C15H26N2O3/c1-11-4-2-3-5-12(11)10-16-15(20)17(13-6-7-13)9-8-14(18)19/h11-13H,2-10H2,1H3,(H,16,20)(H,18,19). The number of amides is 2. The zero-order valence-corrected chi connectivity index (χ0v) is 12.3. The van der Waals surface area contributed by atoms with Gasteiger partial charge in [0.2, 0.25) is 0 Å². The van der Waals surface area contributed by atoms with Crippen molar-refractivity contribution in [2.75, 3.05) is 13.1 Å². The van der Waals surface area contributed by atoms with Gasteiger partial charge in [0, 0.05) is 19.1 Å². The van der Waals surface area contributed by atoms with Crippen LogP contribution in [0, 0.1) is 11.8 Å². The molecule has 5 nitrogen and oxygen atoms in total. The zero-order valence-electron chi connectivity index (χ0n) is 12.3. The second-order valence-electron chi connectivity index (χ2n) is 6.28. The molecule has 2 aliphatic rings. The Morgan fingerprint density at radius 2 is 1.90 bits per heavy atom. The molecular weight excluding hydrogens is 256 g/mol. The van der Waals surface area contributed by atoms with E-state index < -0.39 is 5.97 Å².